The Morgan fingerprint density at radius 2 is 1.90 bits per heavy atom. The predicted octanol–water partition coefficient (Wildman–Crippen LogP) is 2.52. The third kappa shape index (κ3) is 5.61. The molecule has 0 saturated carbocycles. The third-order valence-corrected chi connectivity index (χ3v) is 5.68. The highest BCUT2D eigenvalue weighted by Gasteiger charge is 2.22. The second kappa shape index (κ2) is 9.61. The maximum atomic E-state index is 12.5. The number of carbonyl (C=O) groups excluding carboxylic acids is 2. The van der Waals surface area contributed by atoms with Crippen molar-refractivity contribution in [1.82, 2.24) is 14.7 Å². The van der Waals surface area contributed by atoms with Crippen LogP contribution in [-0.4, -0.2) is 46.1 Å². The van der Waals surface area contributed by atoms with Gasteiger partial charge in [0, 0.05) is 30.5 Å². The maximum Gasteiger partial charge on any atom is 0.291 e. The zero-order chi connectivity index (χ0) is 21.6. The number of anilines is 1. The fourth-order valence-electron chi connectivity index (χ4n) is 3.81. The van der Waals surface area contributed by atoms with E-state index in [1.165, 1.54) is 5.56 Å². The van der Waals surface area contributed by atoms with Crippen LogP contribution >= 0.6 is 0 Å². The molecule has 4 rings (SSSR count). The van der Waals surface area contributed by atoms with E-state index in [0.717, 1.165) is 44.6 Å². The van der Waals surface area contributed by atoms with Crippen molar-refractivity contribution in [2.24, 2.45) is 11.7 Å². The van der Waals surface area contributed by atoms with E-state index in [0.29, 0.717) is 12.3 Å². The number of nitrogens with one attached hydrogen (secondary N) is 1. The summed E-state index contributed by atoms with van der Waals surface area (Å²) < 4.78 is 7.37. The largest absolute Gasteiger partial charge is 0.454 e. The highest BCUT2D eigenvalue weighted by atomic mass is 16.4. The third-order valence-electron chi connectivity index (χ3n) is 5.68. The lowest BCUT2D eigenvalue weighted by Crippen LogP contribution is -2.39. The summed E-state index contributed by atoms with van der Waals surface area (Å²) >= 11 is 0. The first-order valence-electron chi connectivity index (χ1n) is 10.5. The Kier molecular flexibility index (Phi) is 6.47. The smallest absolute Gasteiger partial charge is 0.291 e. The van der Waals surface area contributed by atoms with E-state index in [9.17, 15) is 9.59 Å². The molecule has 0 radical (unpaired) electrons. The van der Waals surface area contributed by atoms with Crippen molar-refractivity contribution in [2.45, 2.75) is 25.8 Å². The van der Waals surface area contributed by atoms with Crippen LogP contribution in [0.5, 0.6) is 0 Å². The number of furan rings is 1. The van der Waals surface area contributed by atoms with Crippen LogP contribution in [0.15, 0.2) is 59.3 Å². The summed E-state index contributed by atoms with van der Waals surface area (Å²) in [5.74, 6) is 0.502. The zero-order valence-electron chi connectivity index (χ0n) is 17.4. The van der Waals surface area contributed by atoms with Crippen molar-refractivity contribution in [3.8, 4) is 0 Å². The van der Waals surface area contributed by atoms with Gasteiger partial charge in [-0.25, -0.2) is 0 Å². The van der Waals surface area contributed by atoms with Crippen LogP contribution < -0.4 is 11.1 Å². The van der Waals surface area contributed by atoms with E-state index in [1.807, 2.05) is 36.5 Å². The van der Waals surface area contributed by atoms with Gasteiger partial charge in [-0.1, -0.05) is 12.1 Å². The van der Waals surface area contributed by atoms with Gasteiger partial charge in [0.15, 0.2) is 5.76 Å². The molecule has 162 valence electrons. The Morgan fingerprint density at radius 1 is 1.13 bits per heavy atom. The van der Waals surface area contributed by atoms with Gasteiger partial charge in [-0.3, -0.25) is 14.3 Å². The van der Waals surface area contributed by atoms with Crippen LogP contribution in [0.4, 0.5) is 5.69 Å². The molecule has 1 saturated heterocycles. The van der Waals surface area contributed by atoms with Gasteiger partial charge >= 0.3 is 0 Å². The molecule has 2 aromatic heterocycles. The van der Waals surface area contributed by atoms with Crippen LogP contribution in [0.3, 0.4) is 0 Å². The molecule has 31 heavy (non-hydrogen) atoms. The molecule has 1 aliphatic rings. The van der Waals surface area contributed by atoms with Crippen molar-refractivity contribution >= 4 is 17.5 Å². The first-order valence-corrected chi connectivity index (χ1v) is 10.5. The molecule has 0 unspecified atom stereocenters. The maximum absolute atomic E-state index is 12.5. The van der Waals surface area contributed by atoms with E-state index in [-0.39, 0.29) is 23.5 Å². The molecule has 1 aliphatic heterocycles. The molecule has 3 aromatic rings. The number of aromatic nitrogens is 2. The number of piperidine rings is 1. The fourth-order valence-corrected chi connectivity index (χ4v) is 3.81. The average molecular weight is 422 g/mol. The zero-order valence-corrected chi connectivity index (χ0v) is 17.4. The van der Waals surface area contributed by atoms with Gasteiger partial charge in [-0.15, -0.1) is 0 Å². The van der Waals surface area contributed by atoms with E-state index in [1.54, 1.807) is 23.0 Å². The van der Waals surface area contributed by atoms with Crippen molar-refractivity contribution in [2.75, 3.05) is 25.0 Å². The number of likely N-dealkylation sites (tertiary alicyclic amines) is 1. The molecular formula is C23H27N5O3. The molecule has 2 amide bonds. The first kappa shape index (κ1) is 20.9. The van der Waals surface area contributed by atoms with Gasteiger partial charge in [0.2, 0.25) is 5.91 Å². The number of primary amides is 1. The average Bonchev–Trinajstić information content (AvgIpc) is 3.46. The van der Waals surface area contributed by atoms with Crippen LogP contribution in [0, 0.1) is 5.92 Å². The Hall–Kier alpha value is -3.39. The number of rotatable bonds is 8. The summed E-state index contributed by atoms with van der Waals surface area (Å²) in [6.07, 6.45) is 6.15. The Labute approximate surface area is 181 Å². The second-order valence-electron chi connectivity index (χ2n) is 7.89. The SMILES string of the molecule is NC(=O)C1CCN(CCc2ccc(NC(=O)c3ccc(Cn4cccn4)o3)cc2)CC1. The van der Waals surface area contributed by atoms with Crippen molar-refractivity contribution < 1.29 is 14.0 Å². The molecule has 8 heteroatoms. The van der Waals surface area contributed by atoms with Crippen molar-refractivity contribution in [3.05, 3.63) is 71.9 Å². The minimum Gasteiger partial charge on any atom is -0.454 e. The van der Waals surface area contributed by atoms with E-state index < -0.39 is 0 Å². The minimum atomic E-state index is -0.281. The molecule has 1 fully saturated rings. The van der Waals surface area contributed by atoms with Gasteiger partial charge in [0.05, 0.1) is 6.54 Å². The number of hydrogen-bond donors (Lipinski definition) is 2. The summed E-state index contributed by atoms with van der Waals surface area (Å²) in [5, 5.41) is 7.00. The second-order valence-corrected chi connectivity index (χ2v) is 7.89. The molecule has 3 N–H and O–H groups in total. The van der Waals surface area contributed by atoms with Gasteiger partial charge < -0.3 is 20.4 Å². The molecule has 0 spiro atoms. The summed E-state index contributed by atoms with van der Waals surface area (Å²) in [7, 11) is 0. The summed E-state index contributed by atoms with van der Waals surface area (Å²) in [5.41, 5.74) is 7.32. The monoisotopic (exact) mass is 421 g/mol. The van der Waals surface area contributed by atoms with E-state index in [2.05, 4.69) is 15.3 Å². The first-order chi connectivity index (χ1) is 15.1. The van der Waals surface area contributed by atoms with Crippen LogP contribution in [0.1, 0.15) is 34.7 Å². The number of benzene rings is 1. The van der Waals surface area contributed by atoms with Gasteiger partial charge in [0.1, 0.15) is 5.76 Å². The lowest BCUT2D eigenvalue weighted by molar-refractivity contribution is -0.123. The molecule has 1 aromatic carbocycles. The fraction of sp³-hybridized carbons (Fsp3) is 0.348. The van der Waals surface area contributed by atoms with Crippen LogP contribution in [-0.2, 0) is 17.8 Å². The lowest BCUT2D eigenvalue weighted by atomic mass is 9.96. The minimum absolute atomic E-state index is 0.0231. The molecule has 0 atom stereocenters. The number of nitrogens with zero attached hydrogens (tertiary/aromatic N) is 3. The molecule has 8 nitrogen and oxygen atoms in total. The summed E-state index contributed by atoms with van der Waals surface area (Å²) in [6, 6.07) is 13.1. The Morgan fingerprint density at radius 3 is 2.58 bits per heavy atom. The number of amides is 2. The Bertz CT molecular complexity index is 1000. The number of carbonyl (C=O) groups is 2. The highest BCUT2D eigenvalue weighted by Crippen LogP contribution is 2.18. The molecular weight excluding hydrogens is 394 g/mol. The lowest BCUT2D eigenvalue weighted by Gasteiger charge is -2.30. The van der Waals surface area contributed by atoms with E-state index in [4.69, 9.17) is 10.2 Å². The predicted molar refractivity (Wildman–Crippen MR) is 116 cm³/mol. The van der Waals surface area contributed by atoms with Crippen LogP contribution in [0.25, 0.3) is 0 Å². The molecule has 0 bridgehead atoms. The van der Waals surface area contributed by atoms with Gasteiger partial charge in [-0.05, 0) is 68.2 Å². The summed E-state index contributed by atoms with van der Waals surface area (Å²) in [4.78, 5) is 26.1. The quantitative estimate of drug-likeness (QED) is 0.581. The number of hydrogen-bond acceptors (Lipinski definition) is 5. The Balaban J connectivity index is 1.24. The summed E-state index contributed by atoms with van der Waals surface area (Å²) in [6.45, 7) is 3.25. The standard InChI is InChI=1S/C23H27N5O3/c24-22(29)18-9-14-27(15-10-18)13-8-17-2-4-19(5-3-17)26-23(30)21-7-6-20(31-21)16-28-12-1-11-25-28/h1-7,11-12,18H,8-10,13-16H2,(H2,24,29)(H,26,30). The van der Waals surface area contributed by atoms with Crippen LogP contribution in [0.2, 0.25) is 0 Å². The van der Waals surface area contributed by atoms with Crippen molar-refractivity contribution in [1.29, 1.82) is 0 Å². The van der Waals surface area contributed by atoms with E-state index >= 15 is 0 Å². The highest BCUT2D eigenvalue weighted by molar-refractivity contribution is 6.02. The molecule has 0 aliphatic carbocycles. The topological polar surface area (TPSA) is 106 Å². The van der Waals surface area contributed by atoms with Gasteiger partial charge in [-0.2, -0.15) is 5.10 Å². The normalized spacial score (nSPS) is 15.1. The van der Waals surface area contributed by atoms with Gasteiger partial charge in [0.25, 0.3) is 5.91 Å². The number of nitrogens with two attached hydrogens (primary N) is 1. The van der Waals surface area contributed by atoms with Crippen molar-refractivity contribution in [3.63, 3.8) is 0 Å². The molecule has 3 heterocycles.